The molecule has 1 N–H and O–H groups in total. The van der Waals surface area contributed by atoms with Gasteiger partial charge in [-0.25, -0.2) is 4.79 Å². The lowest BCUT2D eigenvalue weighted by Crippen LogP contribution is -2.08. The SMILES string of the molecule is CCOC(=O)c1[nH]ccc1C1=CC=C(Cl)CC1. The van der Waals surface area contributed by atoms with Crippen molar-refractivity contribution in [2.75, 3.05) is 6.61 Å². The van der Waals surface area contributed by atoms with Gasteiger partial charge in [0.15, 0.2) is 0 Å². The smallest absolute Gasteiger partial charge is 0.355 e. The summed E-state index contributed by atoms with van der Waals surface area (Å²) in [6, 6.07) is 1.89. The second-order valence-corrected chi connectivity index (χ2v) is 4.28. The third-order valence-electron chi connectivity index (χ3n) is 2.67. The normalized spacial score (nSPS) is 15.2. The van der Waals surface area contributed by atoms with Crippen LogP contribution >= 0.6 is 11.6 Å². The molecule has 1 aliphatic carbocycles. The van der Waals surface area contributed by atoms with E-state index in [1.165, 1.54) is 0 Å². The molecule has 0 fully saturated rings. The van der Waals surface area contributed by atoms with Crippen molar-refractivity contribution in [3.05, 3.63) is 40.7 Å². The van der Waals surface area contributed by atoms with Crippen LogP contribution in [0.2, 0.25) is 0 Å². The van der Waals surface area contributed by atoms with Crippen molar-refractivity contribution in [1.82, 2.24) is 4.98 Å². The number of esters is 1. The van der Waals surface area contributed by atoms with Crippen LogP contribution in [0, 0.1) is 0 Å². The summed E-state index contributed by atoms with van der Waals surface area (Å²) in [6.45, 7) is 2.17. The van der Waals surface area contributed by atoms with E-state index in [4.69, 9.17) is 16.3 Å². The molecule has 17 heavy (non-hydrogen) atoms. The van der Waals surface area contributed by atoms with Crippen LogP contribution in [0.4, 0.5) is 0 Å². The minimum atomic E-state index is -0.311. The van der Waals surface area contributed by atoms with Crippen molar-refractivity contribution >= 4 is 23.1 Å². The molecule has 0 amide bonds. The second kappa shape index (κ2) is 5.23. The highest BCUT2D eigenvalue weighted by Crippen LogP contribution is 2.30. The summed E-state index contributed by atoms with van der Waals surface area (Å²) < 4.78 is 5.00. The van der Waals surface area contributed by atoms with Gasteiger partial charge in [0.25, 0.3) is 0 Å². The summed E-state index contributed by atoms with van der Waals surface area (Å²) in [5, 5.41) is 0.849. The first kappa shape index (κ1) is 12.0. The fourth-order valence-corrected chi connectivity index (χ4v) is 2.00. The van der Waals surface area contributed by atoms with Gasteiger partial charge in [0, 0.05) is 16.8 Å². The van der Waals surface area contributed by atoms with Crippen molar-refractivity contribution < 1.29 is 9.53 Å². The number of ether oxygens (including phenoxy) is 1. The van der Waals surface area contributed by atoms with Crippen molar-refractivity contribution in [3.8, 4) is 0 Å². The number of H-pyrrole nitrogens is 1. The molecule has 90 valence electrons. The lowest BCUT2D eigenvalue weighted by atomic mass is 9.97. The maximum atomic E-state index is 11.7. The number of hydrogen-bond donors (Lipinski definition) is 1. The maximum Gasteiger partial charge on any atom is 0.355 e. The first-order valence-corrected chi connectivity index (χ1v) is 6.00. The van der Waals surface area contributed by atoms with Gasteiger partial charge in [-0.05, 0) is 37.5 Å². The van der Waals surface area contributed by atoms with Crippen LogP contribution in [0.5, 0.6) is 0 Å². The molecular weight excluding hydrogens is 238 g/mol. The quantitative estimate of drug-likeness (QED) is 0.836. The molecule has 2 rings (SSSR count). The topological polar surface area (TPSA) is 42.1 Å². The number of rotatable bonds is 3. The highest BCUT2D eigenvalue weighted by atomic mass is 35.5. The van der Waals surface area contributed by atoms with E-state index in [0.717, 1.165) is 29.0 Å². The van der Waals surface area contributed by atoms with Gasteiger partial charge >= 0.3 is 5.97 Å². The number of hydrogen-bond acceptors (Lipinski definition) is 2. The van der Waals surface area contributed by atoms with Gasteiger partial charge in [-0.15, -0.1) is 0 Å². The van der Waals surface area contributed by atoms with Gasteiger partial charge in [-0.2, -0.15) is 0 Å². The Morgan fingerprint density at radius 1 is 1.47 bits per heavy atom. The van der Waals surface area contributed by atoms with Crippen molar-refractivity contribution in [2.45, 2.75) is 19.8 Å². The van der Waals surface area contributed by atoms with Gasteiger partial charge in [0.2, 0.25) is 0 Å². The number of aromatic amines is 1. The molecule has 1 aromatic rings. The molecule has 0 atom stereocenters. The van der Waals surface area contributed by atoms with Crippen LogP contribution in [0.1, 0.15) is 35.8 Å². The summed E-state index contributed by atoms with van der Waals surface area (Å²) in [5.41, 5.74) is 2.53. The molecule has 0 aromatic carbocycles. The van der Waals surface area contributed by atoms with Gasteiger partial charge in [0.05, 0.1) is 6.61 Å². The summed E-state index contributed by atoms with van der Waals surface area (Å²) in [7, 11) is 0. The van der Waals surface area contributed by atoms with E-state index >= 15 is 0 Å². The van der Waals surface area contributed by atoms with Crippen LogP contribution < -0.4 is 0 Å². The van der Waals surface area contributed by atoms with E-state index in [2.05, 4.69) is 4.98 Å². The zero-order chi connectivity index (χ0) is 12.3. The average Bonchev–Trinajstić information content (AvgIpc) is 2.79. The zero-order valence-corrected chi connectivity index (χ0v) is 10.4. The Labute approximate surface area is 105 Å². The fourth-order valence-electron chi connectivity index (χ4n) is 1.85. The largest absolute Gasteiger partial charge is 0.461 e. The molecule has 0 saturated carbocycles. The molecule has 0 radical (unpaired) electrons. The van der Waals surface area contributed by atoms with Crippen molar-refractivity contribution in [2.24, 2.45) is 0 Å². The van der Waals surface area contributed by atoms with Crippen molar-refractivity contribution in [3.63, 3.8) is 0 Å². The van der Waals surface area contributed by atoms with Gasteiger partial charge in [-0.3, -0.25) is 0 Å². The van der Waals surface area contributed by atoms with Crippen molar-refractivity contribution in [1.29, 1.82) is 0 Å². The van der Waals surface area contributed by atoms with E-state index in [9.17, 15) is 4.79 Å². The third-order valence-corrected chi connectivity index (χ3v) is 2.99. The Hall–Kier alpha value is -1.48. The van der Waals surface area contributed by atoms with E-state index in [0.29, 0.717) is 12.3 Å². The standard InChI is InChI=1S/C13H14ClNO2/c1-2-17-13(16)12-11(7-8-15-12)9-3-5-10(14)6-4-9/h3,5,7-8,15H,2,4,6H2,1H3. The van der Waals surface area contributed by atoms with E-state index in [1.54, 1.807) is 13.1 Å². The molecule has 0 aliphatic heterocycles. The molecule has 0 bridgehead atoms. The molecule has 4 heteroatoms. The van der Waals surface area contributed by atoms with Gasteiger partial charge in [0.1, 0.15) is 5.69 Å². The van der Waals surface area contributed by atoms with Gasteiger partial charge in [-0.1, -0.05) is 17.7 Å². The Morgan fingerprint density at radius 3 is 2.94 bits per heavy atom. The lowest BCUT2D eigenvalue weighted by molar-refractivity contribution is 0.0520. The molecule has 1 aromatic heterocycles. The number of allylic oxidation sites excluding steroid dienone is 4. The number of carbonyl (C=O) groups is 1. The molecule has 1 aliphatic rings. The Bertz CT molecular complexity index is 485. The van der Waals surface area contributed by atoms with Crippen LogP contribution in [0.15, 0.2) is 29.4 Å². The average molecular weight is 252 g/mol. The van der Waals surface area contributed by atoms with E-state index in [1.807, 2.05) is 18.2 Å². The summed E-state index contributed by atoms with van der Waals surface area (Å²) in [5.74, 6) is -0.311. The Kier molecular flexibility index (Phi) is 3.69. The van der Waals surface area contributed by atoms with E-state index < -0.39 is 0 Å². The van der Waals surface area contributed by atoms with Crippen LogP contribution in [0.3, 0.4) is 0 Å². The summed E-state index contributed by atoms with van der Waals surface area (Å²) >= 11 is 5.91. The van der Waals surface area contributed by atoms with Crippen LogP contribution in [-0.2, 0) is 4.74 Å². The molecule has 1 heterocycles. The molecular formula is C13H14ClNO2. The highest BCUT2D eigenvalue weighted by Gasteiger charge is 2.17. The zero-order valence-electron chi connectivity index (χ0n) is 9.63. The maximum absolute atomic E-state index is 11.7. The van der Waals surface area contributed by atoms with E-state index in [-0.39, 0.29) is 5.97 Å². The number of aromatic nitrogens is 1. The minimum Gasteiger partial charge on any atom is -0.461 e. The minimum absolute atomic E-state index is 0.311. The number of halogens is 1. The third kappa shape index (κ3) is 2.61. The number of carbonyl (C=O) groups excluding carboxylic acids is 1. The van der Waals surface area contributed by atoms with Crippen LogP contribution in [-0.4, -0.2) is 17.6 Å². The fraction of sp³-hybridized carbons (Fsp3) is 0.308. The monoisotopic (exact) mass is 251 g/mol. The summed E-state index contributed by atoms with van der Waals surface area (Å²) in [4.78, 5) is 14.6. The predicted octanol–water partition coefficient (Wildman–Crippen LogP) is 3.49. The summed E-state index contributed by atoms with van der Waals surface area (Å²) in [6.07, 6.45) is 7.25. The lowest BCUT2D eigenvalue weighted by Gasteiger charge is -2.11. The first-order chi connectivity index (χ1) is 8.22. The van der Waals surface area contributed by atoms with Gasteiger partial charge < -0.3 is 9.72 Å². The predicted molar refractivity (Wildman–Crippen MR) is 67.9 cm³/mol. The molecule has 0 unspecified atom stereocenters. The second-order valence-electron chi connectivity index (χ2n) is 3.79. The number of nitrogens with one attached hydrogen (secondary N) is 1. The van der Waals surface area contributed by atoms with Crippen LogP contribution in [0.25, 0.3) is 5.57 Å². The Balaban J connectivity index is 2.28. The molecule has 0 saturated heterocycles. The highest BCUT2D eigenvalue weighted by molar-refractivity contribution is 6.29. The molecule has 0 spiro atoms. The molecule has 3 nitrogen and oxygen atoms in total. The Morgan fingerprint density at radius 2 is 2.29 bits per heavy atom. The first-order valence-electron chi connectivity index (χ1n) is 5.62.